The van der Waals surface area contributed by atoms with Crippen LogP contribution in [-0.4, -0.2) is 27.0 Å². The first kappa shape index (κ1) is 15.6. The van der Waals surface area contributed by atoms with Crippen LogP contribution in [0.2, 0.25) is 0 Å². The van der Waals surface area contributed by atoms with Gasteiger partial charge in [0.25, 0.3) is 0 Å². The molecule has 2 saturated heterocycles. The normalized spacial score (nSPS) is 26.2. The molecule has 0 spiro atoms. The second kappa shape index (κ2) is 5.88. The summed E-state index contributed by atoms with van der Waals surface area (Å²) in [5.41, 5.74) is 2.95. The van der Waals surface area contributed by atoms with Gasteiger partial charge in [0.2, 0.25) is 5.91 Å². The fourth-order valence-corrected chi connectivity index (χ4v) is 4.26. The van der Waals surface area contributed by atoms with E-state index in [1.54, 1.807) is 0 Å². The summed E-state index contributed by atoms with van der Waals surface area (Å²) >= 11 is 0. The van der Waals surface area contributed by atoms with Crippen molar-refractivity contribution in [2.45, 2.75) is 70.1 Å². The lowest BCUT2D eigenvalue weighted by molar-refractivity contribution is -0.128. The van der Waals surface area contributed by atoms with E-state index in [0.717, 1.165) is 42.3 Å². The summed E-state index contributed by atoms with van der Waals surface area (Å²) in [6, 6.07) is 7.16. The Morgan fingerprint density at radius 1 is 1.42 bits per heavy atom. The third kappa shape index (κ3) is 2.61. The number of benzene rings is 1. The van der Waals surface area contributed by atoms with E-state index in [2.05, 4.69) is 46.2 Å². The van der Waals surface area contributed by atoms with Crippen molar-refractivity contribution in [3.05, 3.63) is 30.1 Å². The first-order chi connectivity index (χ1) is 11.6. The minimum absolute atomic E-state index is 0.169. The zero-order valence-corrected chi connectivity index (χ0v) is 14.5. The Kier molecular flexibility index (Phi) is 3.83. The Balaban J connectivity index is 1.48. The summed E-state index contributed by atoms with van der Waals surface area (Å²) in [5.74, 6) is 0.169. The number of imidazole rings is 1. The van der Waals surface area contributed by atoms with Crippen LogP contribution in [0.5, 0.6) is 0 Å². The van der Waals surface area contributed by atoms with Crippen molar-refractivity contribution >= 4 is 16.9 Å². The highest BCUT2D eigenvalue weighted by Crippen LogP contribution is 2.35. The molecule has 24 heavy (non-hydrogen) atoms. The first-order valence-electron chi connectivity index (χ1n) is 9.09. The van der Waals surface area contributed by atoms with Crippen molar-refractivity contribution in [3.8, 4) is 0 Å². The number of aromatic nitrogens is 2. The summed E-state index contributed by atoms with van der Waals surface area (Å²) in [4.78, 5) is 17.2. The van der Waals surface area contributed by atoms with Crippen LogP contribution < -0.4 is 10.6 Å². The van der Waals surface area contributed by atoms with Crippen molar-refractivity contribution in [2.24, 2.45) is 0 Å². The summed E-state index contributed by atoms with van der Waals surface area (Å²) < 4.78 is 2.17. The molecule has 2 unspecified atom stereocenters. The Labute approximate surface area is 142 Å². The number of nitrogens with one attached hydrogen (secondary N) is 2. The monoisotopic (exact) mass is 326 g/mol. The number of rotatable bonds is 4. The van der Waals surface area contributed by atoms with Crippen molar-refractivity contribution < 1.29 is 4.79 Å². The Morgan fingerprint density at radius 2 is 2.29 bits per heavy atom. The third-order valence-electron chi connectivity index (χ3n) is 5.64. The molecule has 2 bridgehead atoms. The third-order valence-corrected chi connectivity index (χ3v) is 5.64. The molecule has 3 heterocycles. The lowest BCUT2D eigenvalue weighted by Gasteiger charge is -2.33. The number of hydrogen-bond acceptors (Lipinski definition) is 3. The van der Waals surface area contributed by atoms with Crippen LogP contribution in [0.4, 0.5) is 0 Å². The minimum atomic E-state index is -0.313. The molecule has 5 heteroatoms. The second-order valence-corrected chi connectivity index (χ2v) is 7.61. The van der Waals surface area contributed by atoms with E-state index in [9.17, 15) is 4.79 Å². The summed E-state index contributed by atoms with van der Waals surface area (Å²) in [7, 11) is 0. The van der Waals surface area contributed by atoms with E-state index in [-0.39, 0.29) is 11.4 Å². The standard InChI is InChI=1S/C19H26N4O/c1-13(2)23-12-21-16-6-5-14(10-17(16)23)11-20-18(24)19-8-3-4-15(22-19)7-9-19/h5-6,10,12-13,15,22H,3-4,7-9,11H2,1-2H3,(H,20,24). The zero-order valence-electron chi connectivity index (χ0n) is 14.5. The van der Waals surface area contributed by atoms with Crippen LogP contribution in [0.3, 0.4) is 0 Å². The molecular formula is C19H26N4O. The molecule has 0 radical (unpaired) electrons. The molecule has 2 aliphatic rings. The predicted molar refractivity (Wildman–Crippen MR) is 94.7 cm³/mol. The van der Waals surface area contributed by atoms with Gasteiger partial charge >= 0.3 is 0 Å². The van der Waals surface area contributed by atoms with Crippen molar-refractivity contribution in [1.29, 1.82) is 0 Å². The van der Waals surface area contributed by atoms with Crippen molar-refractivity contribution in [3.63, 3.8) is 0 Å². The second-order valence-electron chi connectivity index (χ2n) is 7.61. The fraction of sp³-hybridized carbons (Fsp3) is 0.579. The minimum Gasteiger partial charge on any atom is -0.350 e. The molecule has 2 atom stereocenters. The Hall–Kier alpha value is -1.88. The maximum atomic E-state index is 12.7. The smallest absolute Gasteiger partial charge is 0.240 e. The van der Waals surface area contributed by atoms with Gasteiger partial charge in [-0.3, -0.25) is 4.79 Å². The van der Waals surface area contributed by atoms with Crippen LogP contribution >= 0.6 is 0 Å². The van der Waals surface area contributed by atoms with Gasteiger partial charge in [-0.05, 0) is 63.6 Å². The Bertz CT molecular complexity index is 762. The van der Waals surface area contributed by atoms with E-state index in [0.29, 0.717) is 18.6 Å². The molecule has 1 amide bonds. The Morgan fingerprint density at radius 3 is 3.12 bits per heavy atom. The molecule has 128 valence electrons. The molecule has 2 fully saturated rings. The molecule has 2 aromatic rings. The quantitative estimate of drug-likeness (QED) is 0.908. The van der Waals surface area contributed by atoms with E-state index in [1.807, 2.05) is 12.4 Å². The lowest BCUT2D eigenvalue weighted by atomic mass is 9.89. The SMILES string of the molecule is CC(C)n1cnc2ccc(CNC(=O)C34CCCC(CC3)N4)cc21. The maximum absolute atomic E-state index is 12.7. The van der Waals surface area contributed by atoms with Gasteiger partial charge in [0.1, 0.15) is 0 Å². The van der Waals surface area contributed by atoms with Crippen LogP contribution in [-0.2, 0) is 11.3 Å². The molecular weight excluding hydrogens is 300 g/mol. The van der Waals surface area contributed by atoms with Crippen LogP contribution in [0, 0.1) is 0 Å². The number of amides is 1. The van der Waals surface area contributed by atoms with Crippen LogP contribution in [0.25, 0.3) is 11.0 Å². The fourth-order valence-electron chi connectivity index (χ4n) is 4.26. The average Bonchev–Trinajstić information content (AvgIpc) is 3.13. The van der Waals surface area contributed by atoms with Gasteiger partial charge in [-0.15, -0.1) is 0 Å². The molecule has 1 aromatic heterocycles. The van der Waals surface area contributed by atoms with Gasteiger partial charge in [0.05, 0.1) is 22.9 Å². The summed E-state index contributed by atoms with van der Waals surface area (Å²) in [6.07, 6.45) is 7.33. The van der Waals surface area contributed by atoms with Gasteiger partial charge in [0, 0.05) is 18.6 Å². The van der Waals surface area contributed by atoms with Gasteiger partial charge in [0.15, 0.2) is 0 Å². The molecule has 1 aromatic carbocycles. The van der Waals surface area contributed by atoms with E-state index >= 15 is 0 Å². The summed E-state index contributed by atoms with van der Waals surface area (Å²) in [6.45, 7) is 4.88. The van der Waals surface area contributed by atoms with Crippen LogP contribution in [0.1, 0.15) is 57.6 Å². The lowest BCUT2D eigenvalue weighted by Crippen LogP contribution is -2.56. The highest BCUT2D eigenvalue weighted by Gasteiger charge is 2.46. The highest BCUT2D eigenvalue weighted by molar-refractivity contribution is 5.87. The number of carbonyl (C=O) groups is 1. The predicted octanol–water partition coefficient (Wildman–Crippen LogP) is 2.91. The molecule has 5 nitrogen and oxygen atoms in total. The molecule has 0 aliphatic carbocycles. The van der Waals surface area contributed by atoms with Gasteiger partial charge in [-0.2, -0.15) is 0 Å². The summed E-state index contributed by atoms with van der Waals surface area (Å²) in [5, 5.41) is 6.72. The average molecular weight is 326 g/mol. The van der Waals surface area contributed by atoms with E-state index in [4.69, 9.17) is 0 Å². The van der Waals surface area contributed by atoms with Gasteiger partial charge < -0.3 is 15.2 Å². The van der Waals surface area contributed by atoms with Crippen molar-refractivity contribution in [1.82, 2.24) is 20.2 Å². The van der Waals surface area contributed by atoms with Crippen molar-refractivity contribution in [2.75, 3.05) is 0 Å². The number of piperidine rings is 1. The van der Waals surface area contributed by atoms with Gasteiger partial charge in [-0.25, -0.2) is 4.98 Å². The van der Waals surface area contributed by atoms with E-state index in [1.165, 1.54) is 6.42 Å². The molecule has 0 saturated carbocycles. The maximum Gasteiger partial charge on any atom is 0.240 e. The largest absolute Gasteiger partial charge is 0.350 e. The number of hydrogen-bond donors (Lipinski definition) is 2. The number of carbonyl (C=O) groups excluding carboxylic acids is 1. The topological polar surface area (TPSA) is 59.0 Å². The van der Waals surface area contributed by atoms with Crippen LogP contribution in [0.15, 0.2) is 24.5 Å². The first-order valence-corrected chi connectivity index (χ1v) is 9.09. The number of nitrogens with zero attached hydrogens (tertiary/aromatic N) is 2. The number of fused-ring (bicyclic) bond motifs is 3. The molecule has 2 aliphatic heterocycles. The van der Waals surface area contributed by atoms with E-state index < -0.39 is 0 Å². The highest BCUT2D eigenvalue weighted by atomic mass is 16.2. The zero-order chi connectivity index (χ0) is 16.7. The molecule has 4 rings (SSSR count). The van der Waals surface area contributed by atoms with Gasteiger partial charge in [-0.1, -0.05) is 6.07 Å². The molecule has 2 N–H and O–H groups in total.